The molecule has 0 fully saturated rings. The van der Waals surface area contributed by atoms with Crippen molar-refractivity contribution in [1.82, 2.24) is 10.6 Å². The van der Waals surface area contributed by atoms with Gasteiger partial charge in [0, 0.05) is 11.5 Å². The van der Waals surface area contributed by atoms with E-state index in [1.54, 1.807) is 7.05 Å². The second-order valence-electron chi connectivity index (χ2n) is 3.51. The summed E-state index contributed by atoms with van der Waals surface area (Å²) in [5.74, 6) is -0.0688. The fraction of sp³-hybridized carbons (Fsp3) is 0.889. The molecule has 0 saturated heterocycles. The van der Waals surface area contributed by atoms with Crippen LogP contribution in [0.15, 0.2) is 5.11 Å². The first kappa shape index (κ1) is 14.7. The molecule has 0 aliphatic carbocycles. The predicted octanol–water partition coefficient (Wildman–Crippen LogP) is 0.426. The van der Waals surface area contributed by atoms with Gasteiger partial charge in [0.1, 0.15) is 0 Å². The molecule has 92 valence electrons. The Kier molecular flexibility index (Phi) is 8.24. The number of nitrogens with one attached hydrogen (secondary N) is 2. The van der Waals surface area contributed by atoms with Crippen LogP contribution in [0.3, 0.4) is 0 Å². The molecule has 0 aromatic carbocycles. The fourth-order valence-electron chi connectivity index (χ4n) is 1.12. The van der Waals surface area contributed by atoms with Crippen molar-refractivity contribution >= 4 is 5.91 Å². The SMILES string of the molecule is CNCC(=O)NCC(C)OC(C)CN=[N+]=[N-]. The third-order valence-electron chi connectivity index (χ3n) is 1.79. The third kappa shape index (κ3) is 8.05. The number of carbonyl (C=O) groups excluding carboxylic acids is 1. The van der Waals surface area contributed by atoms with Gasteiger partial charge in [-0.3, -0.25) is 4.79 Å². The molecule has 0 heterocycles. The van der Waals surface area contributed by atoms with E-state index < -0.39 is 0 Å². The summed E-state index contributed by atoms with van der Waals surface area (Å²) in [4.78, 5) is 13.8. The lowest BCUT2D eigenvalue weighted by molar-refractivity contribution is -0.121. The van der Waals surface area contributed by atoms with Crippen LogP contribution in [0.1, 0.15) is 13.8 Å². The van der Waals surface area contributed by atoms with Gasteiger partial charge in [-0.25, -0.2) is 0 Å². The van der Waals surface area contributed by atoms with Gasteiger partial charge in [0.15, 0.2) is 0 Å². The smallest absolute Gasteiger partial charge is 0.234 e. The molecule has 2 N–H and O–H groups in total. The van der Waals surface area contributed by atoms with E-state index in [1.165, 1.54) is 0 Å². The van der Waals surface area contributed by atoms with E-state index in [0.717, 1.165) is 0 Å². The zero-order valence-electron chi connectivity index (χ0n) is 9.93. The Morgan fingerprint density at radius 2 is 2.19 bits per heavy atom. The lowest BCUT2D eigenvalue weighted by atomic mass is 10.3. The minimum absolute atomic E-state index is 0.0688. The van der Waals surface area contributed by atoms with Crippen LogP contribution in [0.5, 0.6) is 0 Å². The monoisotopic (exact) mass is 229 g/mol. The Hall–Kier alpha value is -1.30. The number of hydrogen-bond acceptors (Lipinski definition) is 4. The van der Waals surface area contributed by atoms with Crippen molar-refractivity contribution in [3.63, 3.8) is 0 Å². The first-order valence-corrected chi connectivity index (χ1v) is 5.17. The van der Waals surface area contributed by atoms with Crippen molar-refractivity contribution in [2.45, 2.75) is 26.1 Å². The predicted molar refractivity (Wildman–Crippen MR) is 61.0 cm³/mol. The van der Waals surface area contributed by atoms with Crippen LogP contribution in [-0.4, -0.2) is 44.8 Å². The second kappa shape index (κ2) is 8.96. The summed E-state index contributed by atoms with van der Waals surface area (Å²) in [5.41, 5.74) is 8.12. The molecule has 0 spiro atoms. The molecule has 0 aliphatic rings. The molecular formula is C9H19N5O2. The van der Waals surface area contributed by atoms with Crippen molar-refractivity contribution in [1.29, 1.82) is 0 Å². The van der Waals surface area contributed by atoms with Crippen LogP contribution in [0.25, 0.3) is 10.4 Å². The quantitative estimate of drug-likeness (QED) is 0.358. The topological polar surface area (TPSA) is 99.1 Å². The number of nitrogens with zero attached hydrogens (tertiary/aromatic N) is 3. The molecule has 2 unspecified atom stereocenters. The molecule has 0 bridgehead atoms. The number of carbonyl (C=O) groups is 1. The molecule has 16 heavy (non-hydrogen) atoms. The highest BCUT2D eigenvalue weighted by molar-refractivity contribution is 5.77. The maximum absolute atomic E-state index is 11.1. The molecule has 0 aliphatic heterocycles. The summed E-state index contributed by atoms with van der Waals surface area (Å²) >= 11 is 0. The summed E-state index contributed by atoms with van der Waals surface area (Å²) in [5, 5.41) is 8.87. The van der Waals surface area contributed by atoms with Gasteiger partial charge < -0.3 is 15.4 Å². The van der Waals surface area contributed by atoms with Gasteiger partial charge in [-0.15, -0.1) is 0 Å². The molecule has 0 saturated carbocycles. The molecule has 0 radical (unpaired) electrons. The maximum atomic E-state index is 11.1. The second-order valence-corrected chi connectivity index (χ2v) is 3.51. The highest BCUT2D eigenvalue weighted by atomic mass is 16.5. The number of ether oxygens (including phenoxy) is 1. The molecule has 7 nitrogen and oxygen atoms in total. The van der Waals surface area contributed by atoms with E-state index >= 15 is 0 Å². The maximum Gasteiger partial charge on any atom is 0.234 e. The van der Waals surface area contributed by atoms with Crippen molar-refractivity contribution in [2.75, 3.05) is 26.7 Å². The Labute approximate surface area is 95.2 Å². The average Bonchev–Trinajstić information content (AvgIpc) is 2.24. The van der Waals surface area contributed by atoms with Gasteiger partial charge in [-0.05, 0) is 26.4 Å². The average molecular weight is 229 g/mol. The zero-order valence-corrected chi connectivity index (χ0v) is 9.93. The molecular weight excluding hydrogens is 210 g/mol. The van der Waals surface area contributed by atoms with E-state index in [-0.39, 0.29) is 18.1 Å². The van der Waals surface area contributed by atoms with Crippen molar-refractivity contribution < 1.29 is 9.53 Å². The van der Waals surface area contributed by atoms with Gasteiger partial charge in [-0.1, -0.05) is 5.11 Å². The zero-order chi connectivity index (χ0) is 12.4. The van der Waals surface area contributed by atoms with E-state index in [9.17, 15) is 4.79 Å². The van der Waals surface area contributed by atoms with Crippen molar-refractivity contribution in [3.05, 3.63) is 10.4 Å². The summed E-state index contributed by atoms with van der Waals surface area (Å²) < 4.78 is 5.48. The standard InChI is InChI=1S/C9H19N5O2/c1-7(4-12-9(15)6-11-3)16-8(2)5-13-14-10/h7-8,11H,4-6H2,1-3H3,(H,12,15). The summed E-state index contributed by atoms with van der Waals surface area (Å²) in [7, 11) is 1.71. The largest absolute Gasteiger partial charge is 0.374 e. The number of amides is 1. The van der Waals surface area contributed by atoms with Gasteiger partial charge >= 0.3 is 0 Å². The molecule has 0 rings (SSSR count). The van der Waals surface area contributed by atoms with Crippen LogP contribution < -0.4 is 10.6 Å². The van der Waals surface area contributed by atoms with E-state index in [2.05, 4.69) is 20.7 Å². The van der Waals surface area contributed by atoms with E-state index in [0.29, 0.717) is 19.6 Å². The molecule has 7 heteroatoms. The first-order chi connectivity index (χ1) is 7.60. The number of azide groups is 1. The van der Waals surface area contributed by atoms with Crippen molar-refractivity contribution in [2.24, 2.45) is 5.11 Å². The Morgan fingerprint density at radius 1 is 1.50 bits per heavy atom. The van der Waals surface area contributed by atoms with E-state index in [1.807, 2.05) is 13.8 Å². The lowest BCUT2D eigenvalue weighted by Gasteiger charge is -2.18. The van der Waals surface area contributed by atoms with Gasteiger partial charge in [0.05, 0.1) is 25.3 Å². The molecule has 2 atom stereocenters. The van der Waals surface area contributed by atoms with Crippen LogP contribution >= 0.6 is 0 Å². The summed E-state index contributed by atoms with van der Waals surface area (Å²) in [6.07, 6.45) is -0.253. The fourth-order valence-corrected chi connectivity index (χ4v) is 1.12. The van der Waals surface area contributed by atoms with Gasteiger partial charge in [-0.2, -0.15) is 0 Å². The Bertz CT molecular complexity index is 252. The number of hydrogen-bond donors (Lipinski definition) is 2. The van der Waals surface area contributed by atoms with Crippen LogP contribution in [-0.2, 0) is 9.53 Å². The Morgan fingerprint density at radius 3 is 2.75 bits per heavy atom. The summed E-state index contributed by atoms with van der Waals surface area (Å²) in [6, 6.07) is 0. The highest BCUT2D eigenvalue weighted by Gasteiger charge is 2.08. The summed E-state index contributed by atoms with van der Waals surface area (Å²) in [6.45, 7) is 4.71. The number of rotatable bonds is 8. The number of likely N-dealkylation sites (N-methyl/N-ethyl adjacent to an activating group) is 1. The first-order valence-electron chi connectivity index (χ1n) is 5.17. The van der Waals surface area contributed by atoms with Crippen molar-refractivity contribution in [3.8, 4) is 0 Å². The van der Waals surface area contributed by atoms with Gasteiger partial charge in [0.25, 0.3) is 0 Å². The third-order valence-corrected chi connectivity index (χ3v) is 1.79. The van der Waals surface area contributed by atoms with Crippen LogP contribution in [0.4, 0.5) is 0 Å². The van der Waals surface area contributed by atoms with Gasteiger partial charge in [0.2, 0.25) is 5.91 Å². The highest BCUT2D eigenvalue weighted by Crippen LogP contribution is 1.97. The molecule has 0 aromatic rings. The minimum atomic E-state index is -0.146. The molecule has 0 aromatic heterocycles. The minimum Gasteiger partial charge on any atom is -0.374 e. The normalized spacial score (nSPS) is 13.7. The lowest BCUT2D eigenvalue weighted by Crippen LogP contribution is -2.38. The van der Waals surface area contributed by atoms with E-state index in [4.69, 9.17) is 10.3 Å². The molecule has 1 amide bonds. The van der Waals surface area contributed by atoms with Crippen LogP contribution in [0, 0.1) is 0 Å². The Balaban J connectivity index is 3.68. The van der Waals surface area contributed by atoms with Crippen LogP contribution in [0.2, 0.25) is 0 Å².